The van der Waals surface area contributed by atoms with Crippen LogP contribution in [-0.2, 0) is 20.7 Å². The van der Waals surface area contributed by atoms with Gasteiger partial charge in [0.1, 0.15) is 17.6 Å². The van der Waals surface area contributed by atoms with Crippen molar-refractivity contribution in [2.45, 2.75) is 37.8 Å². The highest BCUT2D eigenvalue weighted by Gasteiger charge is 2.49. The summed E-state index contributed by atoms with van der Waals surface area (Å²) in [6.07, 6.45) is 0.967. The first kappa shape index (κ1) is 35.7. The third-order valence-electron chi connectivity index (χ3n) is 10.4. The van der Waals surface area contributed by atoms with E-state index in [9.17, 15) is 14.4 Å². The number of hydrogen-bond donors (Lipinski definition) is 1. The summed E-state index contributed by atoms with van der Waals surface area (Å²) in [4.78, 5) is 45.8. The van der Waals surface area contributed by atoms with Gasteiger partial charge in [0, 0.05) is 45.8 Å². The van der Waals surface area contributed by atoms with Crippen LogP contribution in [0.4, 0.5) is 4.79 Å². The zero-order chi connectivity index (χ0) is 36.7. The van der Waals surface area contributed by atoms with Gasteiger partial charge in [-0.15, -0.1) is 0 Å². The summed E-state index contributed by atoms with van der Waals surface area (Å²) in [5.41, 5.74) is 3.67. The number of carbonyl (C=O) groups excluding carboxylic acids is 3. The van der Waals surface area contributed by atoms with Gasteiger partial charge in [0.15, 0.2) is 11.5 Å². The SMILES string of the molecule is COC(=O)C1CC(OC(=O)c2cc(OC)c(OC(=O)Oc3cc(Cl)cc(Cl)c3)c(OC)c2)C[C@@H]2CN3CCc4c([nH]c5cc(OC)ccc45)C3C[C@H]12. The van der Waals surface area contributed by atoms with Crippen LogP contribution in [-0.4, -0.2) is 75.6 Å². The Bertz CT molecular complexity index is 1990. The van der Waals surface area contributed by atoms with Crippen molar-refractivity contribution in [3.05, 3.63) is 75.4 Å². The quantitative estimate of drug-likeness (QED) is 0.142. The molecule has 3 unspecified atom stereocenters. The predicted octanol–water partition coefficient (Wildman–Crippen LogP) is 7.42. The first-order valence-corrected chi connectivity index (χ1v) is 17.7. The van der Waals surface area contributed by atoms with Crippen LogP contribution in [0, 0.1) is 17.8 Å². The van der Waals surface area contributed by atoms with Gasteiger partial charge in [0.25, 0.3) is 0 Å². The Hall–Kier alpha value is -4.65. The van der Waals surface area contributed by atoms with Crippen LogP contribution in [0.25, 0.3) is 10.9 Å². The van der Waals surface area contributed by atoms with Gasteiger partial charge in [-0.1, -0.05) is 23.2 Å². The molecule has 1 saturated heterocycles. The van der Waals surface area contributed by atoms with E-state index in [1.165, 1.54) is 68.3 Å². The molecule has 0 radical (unpaired) electrons. The highest BCUT2D eigenvalue weighted by molar-refractivity contribution is 6.34. The summed E-state index contributed by atoms with van der Waals surface area (Å²) >= 11 is 12.0. The van der Waals surface area contributed by atoms with Crippen molar-refractivity contribution >= 4 is 52.2 Å². The number of nitrogens with one attached hydrogen (secondary N) is 1. The van der Waals surface area contributed by atoms with Gasteiger partial charge in [-0.2, -0.15) is 0 Å². The predicted molar refractivity (Wildman–Crippen MR) is 191 cm³/mol. The molecule has 1 N–H and O–H groups in total. The van der Waals surface area contributed by atoms with Crippen molar-refractivity contribution in [2.75, 3.05) is 41.5 Å². The number of methoxy groups -OCH3 is 4. The van der Waals surface area contributed by atoms with Crippen LogP contribution in [0.15, 0.2) is 48.5 Å². The van der Waals surface area contributed by atoms with Crippen molar-refractivity contribution in [3.63, 3.8) is 0 Å². The summed E-state index contributed by atoms with van der Waals surface area (Å²) in [6.45, 7) is 1.65. The molecule has 4 aromatic rings. The lowest BCUT2D eigenvalue weighted by atomic mass is 9.65. The molecule has 3 aromatic carbocycles. The van der Waals surface area contributed by atoms with E-state index in [1.807, 2.05) is 12.1 Å². The number of carbonyl (C=O) groups is 3. The Kier molecular flexibility index (Phi) is 10.1. The van der Waals surface area contributed by atoms with Crippen LogP contribution in [0.1, 0.15) is 46.9 Å². The Morgan fingerprint density at radius 1 is 0.827 bits per heavy atom. The van der Waals surface area contributed by atoms with Crippen molar-refractivity contribution in [1.82, 2.24) is 9.88 Å². The molecule has 7 rings (SSSR count). The van der Waals surface area contributed by atoms with E-state index < -0.39 is 24.1 Å². The molecule has 0 bridgehead atoms. The molecule has 274 valence electrons. The lowest BCUT2D eigenvalue weighted by Crippen LogP contribution is -2.52. The fraction of sp³-hybridized carbons (Fsp3) is 0.395. The molecule has 12 nitrogen and oxygen atoms in total. The van der Waals surface area contributed by atoms with Gasteiger partial charge in [-0.3, -0.25) is 9.69 Å². The van der Waals surface area contributed by atoms with Gasteiger partial charge in [-0.25, -0.2) is 9.59 Å². The number of esters is 2. The smallest absolute Gasteiger partial charge is 0.497 e. The molecule has 0 amide bonds. The third kappa shape index (κ3) is 6.94. The summed E-state index contributed by atoms with van der Waals surface area (Å²) < 4.78 is 38.4. The van der Waals surface area contributed by atoms with Gasteiger partial charge < -0.3 is 38.1 Å². The lowest BCUT2D eigenvalue weighted by Gasteiger charge is -2.51. The van der Waals surface area contributed by atoms with Crippen LogP contribution in [0.3, 0.4) is 0 Å². The molecule has 3 aliphatic rings. The Labute approximate surface area is 310 Å². The molecule has 1 saturated carbocycles. The number of fused-ring (bicyclic) bond motifs is 6. The number of benzene rings is 3. The molecule has 52 heavy (non-hydrogen) atoms. The second-order valence-corrected chi connectivity index (χ2v) is 14.1. The van der Waals surface area contributed by atoms with Gasteiger partial charge in [0.05, 0.1) is 46.0 Å². The van der Waals surface area contributed by atoms with Crippen LogP contribution in [0.5, 0.6) is 28.7 Å². The minimum absolute atomic E-state index is 0.0294. The zero-order valence-electron chi connectivity index (χ0n) is 29.0. The minimum Gasteiger partial charge on any atom is -0.497 e. The maximum atomic E-state index is 13.7. The number of halogens is 2. The highest BCUT2D eigenvalue weighted by atomic mass is 35.5. The lowest BCUT2D eigenvalue weighted by molar-refractivity contribution is -0.155. The number of rotatable bonds is 8. The Morgan fingerprint density at radius 2 is 1.56 bits per heavy atom. The largest absolute Gasteiger partial charge is 0.519 e. The first-order chi connectivity index (χ1) is 25.1. The number of nitrogens with zero attached hydrogens (tertiary/aromatic N) is 1. The molecular weight excluding hydrogens is 715 g/mol. The van der Waals surface area contributed by atoms with E-state index >= 15 is 0 Å². The molecule has 5 atom stereocenters. The standard InChI is InChI=1S/C38H38Cl2N2O10/c1-46-23-5-6-26-27-7-8-42-18-20-9-24(15-29(37(44)49-4)28(20)17-31(42)34(27)41-30(26)16-23)50-36(43)19-10-32(47-2)35(33(11-19)48-3)52-38(45)51-25-13-21(39)12-22(40)14-25/h5-6,10-14,16,20,24,28-29,31,41H,7-9,15,17-18H2,1-4H3/t20-,24?,28+,29?,31?/m1/s1. The number of hydrogen-bond acceptors (Lipinski definition) is 11. The average molecular weight is 754 g/mol. The second-order valence-electron chi connectivity index (χ2n) is 13.2. The monoisotopic (exact) mass is 752 g/mol. The third-order valence-corrected chi connectivity index (χ3v) is 10.9. The maximum absolute atomic E-state index is 13.7. The number of H-pyrrole nitrogens is 1. The summed E-state index contributed by atoms with van der Waals surface area (Å²) in [6, 6.07) is 13.3. The molecule has 0 spiro atoms. The van der Waals surface area contributed by atoms with E-state index in [0.717, 1.165) is 37.2 Å². The van der Waals surface area contributed by atoms with E-state index in [1.54, 1.807) is 7.11 Å². The number of aromatic nitrogens is 1. The molecule has 14 heteroatoms. The number of piperidine rings is 1. The van der Waals surface area contributed by atoms with Crippen LogP contribution in [0.2, 0.25) is 10.0 Å². The molecule has 2 aliphatic heterocycles. The highest BCUT2D eigenvalue weighted by Crippen LogP contribution is 2.50. The van der Waals surface area contributed by atoms with Crippen LogP contribution >= 0.6 is 23.2 Å². The zero-order valence-corrected chi connectivity index (χ0v) is 30.5. The normalized spacial score (nSPS) is 22.3. The Balaban J connectivity index is 1.07. The fourth-order valence-electron chi connectivity index (χ4n) is 8.16. The number of aromatic amines is 1. The van der Waals surface area contributed by atoms with E-state index in [0.29, 0.717) is 12.8 Å². The molecule has 1 aliphatic carbocycles. The first-order valence-electron chi connectivity index (χ1n) is 16.9. The fourth-order valence-corrected chi connectivity index (χ4v) is 8.67. The molecule has 1 aromatic heterocycles. The average Bonchev–Trinajstić information content (AvgIpc) is 3.51. The number of ether oxygens (including phenoxy) is 7. The maximum Gasteiger partial charge on any atom is 0.519 e. The second kappa shape index (κ2) is 14.8. The van der Waals surface area contributed by atoms with Crippen molar-refractivity contribution in [2.24, 2.45) is 17.8 Å². The van der Waals surface area contributed by atoms with Crippen molar-refractivity contribution < 1.29 is 47.5 Å². The van der Waals surface area contributed by atoms with Gasteiger partial charge in [0.2, 0.25) is 5.75 Å². The molecule has 2 fully saturated rings. The summed E-state index contributed by atoms with van der Waals surface area (Å²) in [7, 11) is 5.77. The van der Waals surface area contributed by atoms with E-state index in [2.05, 4.69) is 16.0 Å². The van der Waals surface area contributed by atoms with Gasteiger partial charge >= 0.3 is 18.1 Å². The van der Waals surface area contributed by atoms with Gasteiger partial charge in [-0.05, 0) is 85.5 Å². The minimum atomic E-state index is -1.11. The molecular formula is C38H38Cl2N2O10. The van der Waals surface area contributed by atoms with Crippen LogP contribution < -0.4 is 23.7 Å². The molecule has 3 heterocycles. The van der Waals surface area contributed by atoms with E-state index in [4.69, 9.17) is 56.4 Å². The van der Waals surface area contributed by atoms with Crippen molar-refractivity contribution in [3.8, 4) is 28.7 Å². The summed E-state index contributed by atoms with van der Waals surface area (Å²) in [5.74, 6) is -0.420. The topological polar surface area (TPSA) is 135 Å². The summed E-state index contributed by atoms with van der Waals surface area (Å²) in [5, 5.41) is 1.74. The Morgan fingerprint density at radius 3 is 2.23 bits per heavy atom. The van der Waals surface area contributed by atoms with E-state index in [-0.39, 0.29) is 62.5 Å². The van der Waals surface area contributed by atoms with Crippen molar-refractivity contribution in [1.29, 1.82) is 0 Å².